The van der Waals surface area contributed by atoms with E-state index >= 15 is 0 Å². The number of carboxylic acids is 1. The van der Waals surface area contributed by atoms with Crippen LogP contribution in [-0.2, 0) is 16.1 Å². The van der Waals surface area contributed by atoms with Crippen molar-refractivity contribution >= 4 is 22.6 Å². The number of rotatable bonds is 7. The molecule has 5 nitrogen and oxygen atoms in total. The van der Waals surface area contributed by atoms with Gasteiger partial charge in [0, 0.05) is 5.56 Å². The minimum Gasteiger partial charge on any atom is -0.480 e. The van der Waals surface area contributed by atoms with Gasteiger partial charge in [0.25, 0.3) is 5.91 Å². The highest BCUT2D eigenvalue weighted by atomic mass is 16.5. The average molecular weight is 349 g/mol. The van der Waals surface area contributed by atoms with E-state index in [0.717, 1.165) is 16.3 Å². The maximum absolute atomic E-state index is 12.4. The van der Waals surface area contributed by atoms with Crippen LogP contribution < -0.4 is 5.32 Å². The molecule has 0 radical (unpaired) electrons. The van der Waals surface area contributed by atoms with Crippen molar-refractivity contribution in [3.05, 3.63) is 83.9 Å². The molecule has 0 heterocycles. The maximum Gasteiger partial charge on any atom is 0.328 e. The number of benzene rings is 3. The van der Waals surface area contributed by atoms with Gasteiger partial charge in [-0.3, -0.25) is 4.79 Å². The summed E-state index contributed by atoms with van der Waals surface area (Å²) < 4.78 is 5.45. The zero-order chi connectivity index (χ0) is 18.4. The zero-order valence-electron chi connectivity index (χ0n) is 14.1. The highest BCUT2D eigenvalue weighted by Crippen LogP contribution is 2.15. The molecule has 1 atom stereocenters. The lowest BCUT2D eigenvalue weighted by atomic mass is 10.1. The Balaban J connectivity index is 1.62. The second-order valence-electron chi connectivity index (χ2n) is 5.93. The summed E-state index contributed by atoms with van der Waals surface area (Å²) in [5.41, 5.74) is 1.36. The van der Waals surface area contributed by atoms with Crippen molar-refractivity contribution in [3.8, 4) is 0 Å². The van der Waals surface area contributed by atoms with Gasteiger partial charge >= 0.3 is 5.97 Å². The second-order valence-corrected chi connectivity index (χ2v) is 5.93. The number of ether oxygens (including phenoxy) is 1. The normalized spacial score (nSPS) is 11.8. The van der Waals surface area contributed by atoms with Crippen molar-refractivity contribution in [1.82, 2.24) is 5.32 Å². The van der Waals surface area contributed by atoms with Crippen LogP contribution in [0.15, 0.2) is 72.8 Å². The predicted octanol–water partition coefficient (Wildman–Crippen LogP) is 3.24. The number of carboxylic acid groups (broad SMARTS) is 1. The molecule has 0 fully saturated rings. The Morgan fingerprint density at radius 2 is 1.62 bits per heavy atom. The van der Waals surface area contributed by atoms with E-state index in [1.165, 1.54) is 0 Å². The Kier molecular flexibility index (Phi) is 5.61. The maximum atomic E-state index is 12.4. The molecule has 2 N–H and O–H groups in total. The van der Waals surface area contributed by atoms with Crippen molar-refractivity contribution in [1.29, 1.82) is 0 Å². The largest absolute Gasteiger partial charge is 0.480 e. The van der Waals surface area contributed by atoms with Crippen LogP contribution in [0, 0.1) is 0 Å². The molecule has 3 rings (SSSR count). The Morgan fingerprint density at radius 1 is 0.923 bits per heavy atom. The van der Waals surface area contributed by atoms with E-state index in [2.05, 4.69) is 5.32 Å². The molecule has 0 aromatic heterocycles. The fourth-order valence-electron chi connectivity index (χ4n) is 2.62. The van der Waals surface area contributed by atoms with Gasteiger partial charge in [-0.15, -0.1) is 0 Å². The molecule has 0 spiro atoms. The molecule has 3 aromatic rings. The molecule has 26 heavy (non-hydrogen) atoms. The van der Waals surface area contributed by atoms with E-state index in [1.54, 1.807) is 12.1 Å². The Hall–Kier alpha value is -3.18. The quantitative estimate of drug-likeness (QED) is 0.687. The molecule has 5 heteroatoms. The Bertz CT molecular complexity index is 908. The first-order valence-electron chi connectivity index (χ1n) is 8.27. The van der Waals surface area contributed by atoms with E-state index in [0.29, 0.717) is 5.56 Å². The molecule has 132 valence electrons. The van der Waals surface area contributed by atoms with Crippen LogP contribution in [0.4, 0.5) is 0 Å². The molecule has 0 aliphatic rings. The molecule has 0 unspecified atom stereocenters. The minimum atomic E-state index is -1.13. The first kappa shape index (κ1) is 17.6. The smallest absolute Gasteiger partial charge is 0.328 e. The lowest BCUT2D eigenvalue weighted by Gasteiger charge is -2.15. The lowest BCUT2D eigenvalue weighted by molar-refractivity contribution is -0.141. The van der Waals surface area contributed by atoms with Crippen LogP contribution in [0.25, 0.3) is 10.8 Å². The summed E-state index contributed by atoms with van der Waals surface area (Å²) >= 11 is 0. The topological polar surface area (TPSA) is 75.6 Å². The number of carbonyl (C=O) groups excluding carboxylic acids is 1. The van der Waals surface area contributed by atoms with E-state index in [9.17, 15) is 14.7 Å². The summed E-state index contributed by atoms with van der Waals surface area (Å²) in [5.74, 6) is -1.57. The summed E-state index contributed by atoms with van der Waals surface area (Å²) in [4.78, 5) is 23.8. The van der Waals surface area contributed by atoms with Gasteiger partial charge in [0.05, 0.1) is 13.2 Å². The number of fused-ring (bicyclic) bond motifs is 1. The highest BCUT2D eigenvalue weighted by Gasteiger charge is 2.21. The third-order valence-electron chi connectivity index (χ3n) is 4.01. The standard InChI is InChI=1S/C21H19NO4/c23-20(18-11-10-16-8-4-5-9-17(16)12-18)22-19(21(24)25)14-26-13-15-6-2-1-3-7-15/h1-12,19H,13-14H2,(H,22,23)(H,24,25)/t19-/m0/s1. The van der Waals surface area contributed by atoms with Gasteiger partial charge in [0.15, 0.2) is 6.04 Å². The molecular weight excluding hydrogens is 330 g/mol. The van der Waals surface area contributed by atoms with Gasteiger partial charge in [-0.1, -0.05) is 60.7 Å². The van der Waals surface area contributed by atoms with E-state index < -0.39 is 17.9 Å². The van der Waals surface area contributed by atoms with Crippen molar-refractivity contribution in [2.45, 2.75) is 12.6 Å². The van der Waals surface area contributed by atoms with Crippen molar-refractivity contribution in [2.24, 2.45) is 0 Å². The Labute approximate surface area is 151 Å². The number of aliphatic carboxylic acids is 1. The molecular formula is C21H19NO4. The first-order valence-corrected chi connectivity index (χ1v) is 8.27. The summed E-state index contributed by atoms with van der Waals surface area (Å²) in [7, 11) is 0. The third kappa shape index (κ3) is 4.46. The van der Waals surface area contributed by atoms with Gasteiger partial charge in [-0.25, -0.2) is 4.79 Å². The van der Waals surface area contributed by atoms with Crippen LogP contribution >= 0.6 is 0 Å². The molecule has 0 saturated heterocycles. The number of hydrogen-bond donors (Lipinski definition) is 2. The van der Waals surface area contributed by atoms with Crippen LogP contribution in [0.2, 0.25) is 0 Å². The van der Waals surface area contributed by atoms with Crippen LogP contribution in [0.5, 0.6) is 0 Å². The van der Waals surface area contributed by atoms with Gasteiger partial charge in [-0.2, -0.15) is 0 Å². The minimum absolute atomic E-state index is 0.108. The van der Waals surface area contributed by atoms with Gasteiger partial charge in [-0.05, 0) is 28.5 Å². The van der Waals surface area contributed by atoms with Gasteiger partial charge in [0.1, 0.15) is 0 Å². The Morgan fingerprint density at radius 3 is 2.35 bits per heavy atom. The second kappa shape index (κ2) is 8.27. The number of carbonyl (C=O) groups is 2. The lowest BCUT2D eigenvalue weighted by Crippen LogP contribution is -2.44. The van der Waals surface area contributed by atoms with E-state index in [4.69, 9.17) is 4.74 Å². The monoisotopic (exact) mass is 349 g/mol. The third-order valence-corrected chi connectivity index (χ3v) is 4.01. The molecule has 0 aliphatic heterocycles. The summed E-state index contributed by atoms with van der Waals surface area (Å²) in [6.07, 6.45) is 0. The first-order chi connectivity index (χ1) is 12.6. The van der Waals surface area contributed by atoms with Gasteiger partial charge in [0.2, 0.25) is 0 Å². The average Bonchev–Trinajstić information content (AvgIpc) is 2.67. The zero-order valence-corrected chi connectivity index (χ0v) is 14.1. The molecule has 0 bridgehead atoms. The molecule has 1 amide bonds. The fourth-order valence-corrected chi connectivity index (χ4v) is 2.62. The number of nitrogens with one attached hydrogen (secondary N) is 1. The summed E-state index contributed by atoms with van der Waals surface area (Å²) in [6, 6.07) is 21.3. The summed E-state index contributed by atoms with van der Waals surface area (Å²) in [6.45, 7) is 0.181. The van der Waals surface area contributed by atoms with Crippen molar-refractivity contribution in [3.63, 3.8) is 0 Å². The summed E-state index contributed by atoms with van der Waals surface area (Å²) in [5, 5.41) is 13.8. The van der Waals surface area contributed by atoms with Gasteiger partial charge < -0.3 is 15.2 Å². The van der Waals surface area contributed by atoms with Crippen molar-refractivity contribution < 1.29 is 19.4 Å². The van der Waals surface area contributed by atoms with Crippen LogP contribution in [-0.4, -0.2) is 29.6 Å². The fraction of sp³-hybridized carbons (Fsp3) is 0.143. The van der Waals surface area contributed by atoms with Crippen molar-refractivity contribution in [2.75, 3.05) is 6.61 Å². The van der Waals surface area contributed by atoms with Crippen LogP contribution in [0.1, 0.15) is 15.9 Å². The molecule has 0 saturated carbocycles. The van der Waals surface area contributed by atoms with E-state index in [-0.39, 0.29) is 13.2 Å². The SMILES string of the molecule is O=C(N[C@@H](COCc1ccccc1)C(=O)O)c1ccc2ccccc2c1. The van der Waals surface area contributed by atoms with Crippen LogP contribution in [0.3, 0.4) is 0 Å². The predicted molar refractivity (Wildman–Crippen MR) is 98.9 cm³/mol. The highest BCUT2D eigenvalue weighted by molar-refractivity contribution is 6.00. The molecule has 3 aromatic carbocycles. The number of hydrogen-bond acceptors (Lipinski definition) is 3. The number of amides is 1. The molecule has 0 aliphatic carbocycles. The van der Waals surface area contributed by atoms with E-state index in [1.807, 2.05) is 60.7 Å².